The highest BCUT2D eigenvalue weighted by molar-refractivity contribution is 5.82. The lowest BCUT2D eigenvalue weighted by Gasteiger charge is -1.90. The van der Waals surface area contributed by atoms with E-state index in [9.17, 15) is 0 Å². The number of rotatable bonds is 1. The van der Waals surface area contributed by atoms with Crippen LogP contribution in [-0.4, -0.2) is 4.98 Å². The molecule has 0 atom stereocenters. The number of hydrogen-bond donors (Lipinski definition) is 2. The molecule has 0 aliphatic rings. The maximum Gasteiger partial charge on any atom is 0.0679 e. The summed E-state index contributed by atoms with van der Waals surface area (Å²) in [5, 5.41) is 1.18. The maximum atomic E-state index is 5.51. The number of benzene rings is 1. The number of aromatic nitrogens is 1. The highest BCUT2D eigenvalue weighted by Crippen LogP contribution is 2.15. The fourth-order valence-electron chi connectivity index (χ4n) is 1.23. The van der Waals surface area contributed by atoms with Crippen LogP contribution in [0.5, 0.6) is 0 Å². The Kier molecular flexibility index (Phi) is 1.40. The lowest BCUT2D eigenvalue weighted by Crippen LogP contribution is -1.93. The van der Waals surface area contributed by atoms with Crippen LogP contribution in [0.1, 0.15) is 5.56 Å². The summed E-state index contributed by atoms with van der Waals surface area (Å²) in [6.45, 7) is 0.546. The van der Waals surface area contributed by atoms with Crippen LogP contribution < -0.4 is 5.73 Å². The average Bonchev–Trinajstić information content (AvgIpc) is 2.47. The van der Waals surface area contributed by atoms with Gasteiger partial charge >= 0.3 is 0 Å². The van der Waals surface area contributed by atoms with Crippen molar-refractivity contribution in [3.8, 4) is 0 Å². The van der Waals surface area contributed by atoms with Crippen LogP contribution in [0, 0.1) is 6.20 Å². The molecular formula is C9H9N2. The third-order valence-electron chi connectivity index (χ3n) is 1.80. The van der Waals surface area contributed by atoms with Crippen LogP contribution in [0.15, 0.2) is 24.3 Å². The summed E-state index contributed by atoms with van der Waals surface area (Å²) in [6, 6.07) is 8.06. The van der Waals surface area contributed by atoms with Crippen molar-refractivity contribution in [3.05, 3.63) is 36.0 Å². The molecule has 11 heavy (non-hydrogen) atoms. The minimum absolute atomic E-state index is 0.546. The molecule has 1 aromatic heterocycles. The second-order valence-corrected chi connectivity index (χ2v) is 2.48. The van der Waals surface area contributed by atoms with Crippen LogP contribution in [0.2, 0.25) is 0 Å². The molecule has 2 aromatic rings. The fraction of sp³-hybridized carbons (Fsp3) is 0.111. The Morgan fingerprint density at radius 1 is 1.36 bits per heavy atom. The van der Waals surface area contributed by atoms with Crippen molar-refractivity contribution in [2.75, 3.05) is 0 Å². The van der Waals surface area contributed by atoms with E-state index in [4.69, 9.17) is 5.73 Å². The SMILES string of the molecule is NCc1[c][nH]c2ccccc12. The third kappa shape index (κ3) is 0.917. The number of hydrogen-bond acceptors (Lipinski definition) is 1. The van der Waals surface area contributed by atoms with Crippen molar-refractivity contribution in [1.82, 2.24) is 4.98 Å². The van der Waals surface area contributed by atoms with Crippen molar-refractivity contribution in [2.45, 2.75) is 6.54 Å². The highest BCUT2D eigenvalue weighted by atomic mass is 14.7. The second-order valence-electron chi connectivity index (χ2n) is 2.48. The number of nitrogens with two attached hydrogens (primary N) is 1. The standard InChI is InChI=1S/C9H9N2/c10-5-7-6-11-9-4-2-1-3-8(7)9/h1-4,11H,5,10H2. The predicted octanol–water partition coefficient (Wildman–Crippen LogP) is 1.43. The Balaban J connectivity index is 2.76. The maximum absolute atomic E-state index is 5.51. The van der Waals surface area contributed by atoms with Gasteiger partial charge in [-0.3, -0.25) is 0 Å². The summed E-state index contributed by atoms with van der Waals surface area (Å²) in [5.41, 5.74) is 7.67. The summed E-state index contributed by atoms with van der Waals surface area (Å²) in [4.78, 5) is 3.03. The van der Waals surface area contributed by atoms with Crippen molar-refractivity contribution in [2.24, 2.45) is 5.73 Å². The van der Waals surface area contributed by atoms with Crippen LogP contribution in [-0.2, 0) is 6.54 Å². The number of aromatic amines is 1. The van der Waals surface area contributed by atoms with Gasteiger partial charge in [-0.15, -0.1) is 0 Å². The molecule has 2 nitrogen and oxygen atoms in total. The van der Waals surface area contributed by atoms with Crippen molar-refractivity contribution >= 4 is 10.9 Å². The average molecular weight is 145 g/mol. The quantitative estimate of drug-likeness (QED) is 0.626. The Morgan fingerprint density at radius 3 is 3.00 bits per heavy atom. The molecule has 0 bridgehead atoms. The number of nitrogens with one attached hydrogen (secondary N) is 1. The molecule has 0 unspecified atom stereocenters. The molecule has 1 radical (unpaired) electrons. The zero-order chi connectivity index (χ0) is 7.68. The van der Waals surface area contributed by atoms with Gasteiger partial charge in [-0.1, -0.05) is 18.2 Å². The van der Waals surface area contributed by atoms with Gasteiger partial charge in [-0.05, 0) is 6.07 Å². The Bertz CT molecular complexity index is 362. The van der Waals surface area contributed by atoms with Crippen LogP contribution in [0.3, 0.4) is 0 Å². The lowest BCUT2D eigenvalue weighted by molar-refractivity contribution is 1.08. The van der Waals surface area contributed by atoms with E-state index in [1.807, 2.05) is 24.3 Å². The van der Waals surface area contributed by atoms with Gasteiger partial charge in [0.05, 0.1) is 6.20 Å². The second kappa shape index (κ2) is 2.40. The molecule has 3 N–H and O–H groups in total. The molecule has 0 saturated carbocycles. The first kappa shape index (κ1) is 6.43. The molecule has 0 saturated heterocycles. The van der Waals surface area contributed by atoms with E-state index in [2.05, 4.69) is 11.2 Å². The number of H-pyrrole nitrogens is 1. The van der Waals surface area contributed by atoms with Crippen LogP contribution in [0.25, 0.3) is 10.9 Å². The van der Waals surface area contributed by atoms with Gasteiger partial charge in [0.1, 0.15) is 0 Å². The van der Waals surface area contributed by atoms with Gasteiger partial charge in [0, 0.05) is 23.0 Å². The van der Waals surface area contributed by atoms with Gasteiger partial charge in [0.2, 0.25) is 0 Å². The molecule has 1 aromatic carbocycles. The number of fused-ring (bicyclic) bond motifs is 1. The summed E-state index contributed by atoms with van der Waals surface area (Å²) in [5.74, 6) is 0. The minimum atomic E-state index is 0.546. The smallest absolute Gasteiger partial charge is 0.0679 e. The Hall–Kier alpha value is -1.28. The summed E-state index contributed by atoms with van der Waals surface area (Å²) >= 11 is 0. The summed E-state index contributed by atoms with van der Waals surface area (Å²) in [6.07, 6.45) is 3.01. The van der Waals surface area contributed by atoms with E-state index >= 15 is 0 Å². The van der Waals surface area contributed by atoms with Crippen molar-refractivity contribution in [3.63, 3.8) is 0 Å². The van der Waals surface area contributed by atoms with Crippen LogP contribution in [0.4, 0.5) is 0 Å². The predicted molar refractivity (Wildman–Crippen MR) is 45.0 cm³/mol. The van der Waals surface area contributed by atoms with Gasteiger partial charge < -0.3 is 10.7 Å². The van der Waals surface area contributed by atoms with Crippen LogP contribution >= 0.6 is 0 Å². The summed E-state index contributed by atoms with van der Waals surface area (Å²) < 4.78 is 0. The largest absolute Gasteiger partial charge is 0.353 e. The first-order valence-electron chi connectivity index (χ1n) is 3.59. The first-order chi connectivity index (χ1) is 5.42. The van der Waals surface area contributed by atoms with Gasteiger partial charge in [-0.2, -0.15) is 0 Å². The normalized spacial score (nSPS) is 10.6. The lowest BCUT2D eigenvalue weighted by atomic mass is 10.2. The fourth-order valence-corrected chi connectivity index (χ4v) is 1.23. The molecule has 2 heteroatoms. The van der Waals surface area contributed by atoms with E-state index in [0.717, 1.165) is 11.1 Å². The van der Waals surface area contributed by atoms with E-state index in [0.29, 0.717) is 6.54 Å². The zero-order valence-electron chi connectivity index (χ0n) is 6.09. The first-order valence-corrected chi connectivity index (χ1v) is 3.59. The molecular weight excluding hydrogens is 136 g/mol. The molecule has 1 heterocycles. The molecule has 0 spiro atoms. The Morgan fingerprint density at radius 2 is 2.18 bits per heavy atom. The van der Waals surface area contributed by atoms with Gasteiger partial charge in [0.15, 0.2) is 0 Å². The molecule has 0 aliphatic carbocycles. The number of para-hydroxylation sites is 1. The molecule has 0 aliphatic heterocycles. The minimum Gasteiger partial charge on any atom is -0.353 e. The third-order valence-corrected chi connectivity index (χ3v) is 1.80. The molecule has 55 valence electrons. The summed E-state index contributed by atoms with van der Waals surface area (Å²) in [7, 11) is 0. The topological polar surface area (TPSA) is 41.8 Å². The molecule has 0 fully saturated rings. The van der Waals surface area contributed by atoms with E-state index in [1.54, 1.807) is 0 Å². The van der Waals surface area contributed by atoms with Crippen molar-refractivity contribution in [1.29, 1.82) is 0 Å². The monoisotopic (exact) mass is 145 g/mol. The molecule has 0 amide bonds. The van der Waals surface area contributed by atoms with E-state index in [1.165, 1.54) is 5.39 Å². The Labute approximate surface area is 65.0 Å². The van der Waals surface area contributed by atoms with E-state index in [-0.39, 0.29) is 0 Å². The van der Waals surface area contributed by atoms with Gasteiger partial charge in [0.25, 0.3) is 0 Å². The zero-order valence-corrected chi connectivity index (χ0v) is 6.09. The van der Waals surface area contributed by atoms with Gasteiger partial charge in [-0.25, -0.2) is 0 Å². The van der Waals surface area contributed by atoms with E-state index < -0.39 is 0 Å². The van der Waals surface area contributed by atoms with Crippen molar-refractivity contribution < 1.29 is 0 Å². The molecule has 2 rings (SSSR count). The highest BCUT2D eigenvalue weighted by Gasteiger charge is 1.99.